The van der Waals surface area contributed by atoms with Crippen LogP contribution in [-0.4, -0.2) is 31.7 Å². The van der Waals surface area contributed by atoms with E-state index in [0.717, 1.165) is 16.7 Å². The Kier molecular flexibility index (Phi) is 7.89. The van der Waals surface area contributed by atoms with E-state index in [4.69, 9.17) is 11.6 Å². The largest absolute Gasteiger partial charge is 0.345 e. The number of aryl methyl sites for hydroxylation is 1. The number of rotatable bonds is 7. The molecule has 1 atom stereocenters. The Bertz CT molecular complexity index is 1270. The minimum Gasteiger partial charge on any atom is -0.345 e. The van der Waals surface area contributed by atoms with Crippen molar-refractivity contribution in [3.63, 3.8) is 0 Å². The van der Waals surface area contributed by atoms with Crippen LogP contribution in [0.25, 0.3) is 0 Å². The first-order chi connectivity index (χ1) is 16.8. The maximum absolute atomic E-state index is 14.1. The summed E-state index contributed by atoms with van der Waals surface area (Å²) in [7, 11) is -3.77. The summed E-state index contributed by atoms with van der Waals surface area (Å²) in [5, 5.41) is 3.28. The second-order valence-corrected chi connectivity index (χ2v) is 11.2. The van der Waals surface area contributed by atoms with E-state index in [0.29, 0.717) is 12.8 Å². The molecule has 0 bridgehead atoms. The third kappa shape index (κ3) is 5.92. The van der Waals surface area contributed by atoms with E-state index >= 15 is 0 Å². The normalized spacial score (nSPS) is 16.1. The molecule has 0 saturated carbocycles. The van der Waals surface area contributed by atoms with Gasteiger partial charge in [-0.25, -0.2) is 17.1 Å². The van der Waals surface area contributed by atoms with Crippen LogP contribution < -0.4 is 5.32 Å². The zero-order valence-corrected chi connectivity index (χ0v) is 21.0. The summed E-state index contributed by atoms with van der Waals surface area (Å²) >= 11 is 6.02. The van der Waals surface area contributed by atoms with Crippen LogP contribution in [0.4, 0.5) is 4.39 Å². The predicted octanol–water partition coefficient (Wildman–Crippen LogP) is 5.24. The molecule has 1 N–H and O–H groups in total. The number of piperidine rings is 1. The smallest absolute Gasteiger partial charge is 0.223 e. The van der Waals surface area contributed by atoms with Crippen LogP contribution in [0.5, 0.6) is 0 Å². The van der Waals surface area contributed by atoms with E-state index in [-0.39, 0.29) is 41.5 Å². The van der Waals surface area contributed by atoms with Crippen molar-refractivity contribution < 1.29 is 17.6 Å². The molecule has 5 nitrogen and oxygen atoms in total. The lowest BCUT2D eigenvalue weighted by Crippen LogP contribution is -2.44. The highest BCUT2D eigenvalue weighted by Crippen LogP contribution is 2.29. The van der Waals surface area contributed by atoms with Crippen molar-refractivity contribution in [1.82, 2.24) is 9.62 Å². The molecule has 3 aromatic rings. The number of sulfonamides is 1. The van der Waals surface area contributed by atoms with Crippen molar-refractivity contribution in [2.75, 3.05) is 13.1 Å². The van der Waals surface area contributed by atoms with Crippen LogP contribution in [0.15, 0.2) is 72.8 Å². The zero-order valence-electron chi connectivity index (χ0n) is 19.5. The van der Waals surface area contributed by atoms with Gasteiger partial charge in [-0.05, 0) is 48.6 Å². The monoisotopic (exact) mass is 514 g/mol. The highest BCUT2D eigenvalue weighted by Gasteiger charge is 2.33. The van der Waals surface area contributed by atoms with Crippen molar-refractivity contribution in [1.29, 1.82) is 0 Å². The molecule has 1 fully saturated rings. The number of nitrogens with zero attached hydrogens (tertiary/aromatic N) is 1. The summed E-state index contributed by atoms with van der Waals surface area (Å²) in [5.74, 6) is -1.55. The Hall–Kier alpha value is -2.74. The van der Waals surface area contributed by atoms with E-state index in [1.54, 1.807) is 0 Å². The van der Waals surface area contributed by atoms with Gasteiger partial charge in [-0.15, -0.1) is 0 Å². The van der Waals surface area contributed by atoms with Gasteiger partial charge >= 0.3 is 0 Å². The standard InChI is InChI=1S/C27H28ClFN2O3S/c1-19-8-5-6-11-22(19)26(20-9-3-2-4-10-20)30-27(32)21-14-16-31(17-15-21)35(33,34)18-23-24(28)12-7-13-25(23)29/h2-13,21,26H,14-18H2,1H3,(H,30,32)/t26-/m1/s1. The van der Waals surface area contributed by atoms with Gasteiger partial charge in [-0.1, -0.05) is 72.3 Å². The van der Waals surface area contributed by atoms with Gasteiger partial charge in [0.15, 0.2) is 0 Å². The number of hydrogen-bond donors (Lipinski definition) is 1. The fourth-order valence-electron chi connectivity index (χ4n) is 4.50. The van der Waals surface area contributed by atoms with Gasteiger partial charge in [0.1, 0.15) is 5.82 Å². The number of hydrogen-bond acceptors (Lipinski definition) is 3. The van der Waals surface area contributed by atoms with E-state index in [2.05, 4.69) is 5.32 Å². The molecule has 0 aromatic heterocycles. The third-order valence-corrected chi connectivity index (χ3v) is 8.69. The average molecular weight is 515 g/mol. The molecule has 1 saturated heterocycles. The summed E-state index contributed by atoms with van der Waals surface area (Å²) in [6.07, 6.45) is 0.788. The molecule has 0 aliphatic carbocycles. The number of carbonyl (C=O) groups excluding carboxylic acids is 1. The first-order valence-corrected chi connectivity index (χ1v) is 13.6. The Balaban J connectivity index is 1.44. The highest BCUT2D eigenvalue weighted by atomic mass is 35.5. The lowest BCUT2D eigenvalue weighted by molar-refractivity contribution is -0.126. The van der Waals surface area contributed by atoms with Gasteiger partial charge in [-0.2, -0.15) is 0 Å². The highest BCUT2D eigenvalue weighted by molar-refractivity contribution is 7.88. The van der Waals surface area contributed by atoms with Gasteiger partial charge in [0, 0.05) is 29.6 Å². The van der Waals surface area contributed by atoms with Crippen LogP contribution in [0.1, 0.15) is 41.1 Å². The maximum Gasteiger partial charge on any atom is 0.223 e. The second kappa shape index (κ2) is 10.9. The van der Waals surface area contributed by atoms with Crippen molar-refractivity contribution in [3.8, 4) is 0 Å². The number of benzene rings is 3. The van der Waals surface area contributed by atoms with Crippen LogP contribution in [-0.2, 0) is 20.6 Å². The second-order valence-electron chi connectivity index (χ2n) is 8.84. The molecular formula is C27H28ClFN2O3S. The molecule has 0 spiro atoms. The van der Waals surface area contributed by atoms with Gasteiger partial charge < -0.3 is 5.32 Å². The zero-order chi connectivity index (χ0) is 25.0. The molecule has 8 heteroatoms. The summed E-state index contributed by atoms with van der Waals surface area (Å²) in [5.41, 5.74) is 3.05. The fraction of sp³-hybridized carbons (Fsp3) is 0.296. The quantitative estimate of drug-likeness (QED) is 0.469. The molecule has 184 valence electrons. The van der Waals surface area contributed by atoms with Crippen molar-refractivity contribution in [3.05, 3.63) is 106 Å². The van der Waals surface area contributed by atoms with Gasteiger partial charge in [0.25, 0.3) is 0 Å². The Morgan fingerprint density at radius 1 is 1.03 bits per heavy atom. The molecule has 1 aliphatic rings. The number of nitrogens with one attached hydrogen (secondary N) is 1. The fourth-order valence-corrected chi connectivity index (χ4v) is 6.41. The molecule has 1 amide bonds. The Morgan fingerprint density at radius 3 is 2.34 bits per heavy atom. The molecule has 4 rings (SSSR count). The molecule has 1 heterocycles. The SMILES string of the molecule is Cc1ccccc1[C@H](NC(=O)C1CCN(S(=O)(=O)Cc2c(F)cccc2Cl)CC1)c1ccccc1. The summed E-state index contributed by atoms with van der Waals surface area (Å²) in [6, 6.07) is 21.6. The van der Waals surface area contributed by atoms with Crippen molar-refractivity contribution in [2.45, 2.75) is 31.6 Å². The van der Waals surface area contributed by atoms with Crippen molar-refractivity contribution >= 4 is 27.5 Å². The van der Waals surface area contributed by atoms with Crippen molar-refractivity contribution in [2.24, 2.45) is 5.92 Å². The Morgan fingerprint density at radius 2 is 1.69 bits per heavy atom. The minimum atomic E-state index is -3.77. The van der Waals surface area contributed by atoms with Gasteiger partial charge in [-0.3, -0.25) is 4.79 Å². The lowest BCUT2D eigenvalue weighted by Gasteiger charge is -2.32. The number of amides is 1. The van der Waals surface area contributed by atoms with Gasteiger partial charge in [0.05, 0.1) is 11.8 Å². The van der Waals surface area contributed by atoms with Crippen LogP contribution in [0.3, 0.4) is 0 Å². The summed E-state index contributed by atoms with van der Waals surface area (Å²) < 4.78 is 41.3. The number of carbonyl (C=O) groups is 1. The molecular weight excluding hydrogens is 487 g/mol. The molecule has 35 heavy (non-hydrogen) atoms. The van der Waals surface area contributed by atoms with Crippen LogP contribution in [0.2, 0.25) is 5.02 Å². The first kappa shape index (κ1) is 25.4. The molecule has 0 unspecified atom stereocenters. The van der Waals surface area contributed by atoms with E-state index in [1.807, 2.05) is 61.5 Å². The minimum absolute atomic E-state index is 0.0297. The predicted molar refractivity (Wildman–Crippen MR) is 136 cm³/mol. The first-order valence-electron chi connectivity index (χ1n) is 11.6. The van der Waals surface area contributed by atoms with Crippen LogP contribution >= 0.6 is 11.6 Å². The Labute approximate surface area is 211 Å². The lowest BCUT2D eigenvalue weighted by atomic mass is 9.92. The van der Waals surface area contributed by atoms with E-state index in [1.165, 1.54) is 22.5 Å². The molecule has 1 aliphatic heterocycles. The number of halogens is 2. The summed E-state index contributed by atoms with van der Waals surface area (Å²) in [4.78, 5) is 13.3. The van der Waals surface area contributed by atoms with E-state index < -0.39 is 21.6 Å². The average Bonchev–Trinajstić information content (AvgIpc) is 2.86. The maximum atomic E-state index is 14.1. The third-order valence-electron chi connectivity index (χ3n) is 6.53. The van der Waals surface area contributed by atoms with Crippen LogP contribution in [0, 0.1) is 18.7 Å². The van der Waals surface area contributed by atoms with Gasteiger partial charge in [0.2, 0.25) is 15.9 Å². The topological polar surface area (TPSA) is 66.5 Å². The molecule has 3 aromatic carbocycles. The molecule has 0 radical (unpaired) electrons. The summed E-state index contributed by atoms with van der Waals surface area (Å²) in [6.45, 7) is 2.42. The van der Waals surface area contributed by atoms with E-state index in [9.17, 15) is 17.6 Å².